The van der Waals surface area contributed by atoms with Gasteiger partial charge in [0.1, 0.15) is 0 Å². The van der Waals surface area contributed by atoms with E-state index in [-0.39, 0.29) is 0 Å². The van der Waals surface area contributed by atoms with Gasteiger partial charge in [-0.1, -0.05) is 8.02 Å². The highest BCUT2D eigenvalue weighted by atomic mass is 33.0. The van der Waals surface area contributed by atoms with E-state index < -0.39 is 9.02 Å². The van der Waals surface area contributed by atoms with Gasteiger partial charge in [0, 0.05) is 9.02 Å². The van der Waals surface area contributed by atoms with Crippen molar-refractivity contribution in [1.82, 2.24) is 0 Å². The lowest BCUT2D eigenvalue weighted by atomic mass is 18.9. The van der Waals surface area contributed by atoms with Gasteiger partial charge in [-0.05, 0) is 11.2 Å². The molecule has 0 aromatic carbocycles. The van der Waals surface area contributed by atoms with Gasteiger partial charge in [-0.3, -0.25) is 0 Å². The standard InChI is InChI=1S/FH2PS2/c1-4(2)3/h2,4H. The Labute approximate surface area is 32.7 Å². The quantitative estimate of drug-likeness (QED) is 0.277. The van der Waals surface area contributed by atoms with Crippen molar-refractivity contribution >= 4 is 28.2 Å². The Balaban J connectivity index is 3.51. The third-order valence-electron chi connectivity index (χ3n) is 0. The lowest BCUT2D eigenvalue weighted by Crippen LogP contribution is -1.24. The van der Waals surface area contributed by atoms with Gasteiger partial charge < -0.3 is 0 Å². The molecular weight excluding hydrogens is 114 g/mol. The number of hydrogen-bond donors (Lipinski definition) is 1. The molecule has 0 aromatic heterocycles. The summed E-state index contributed by atoms with van der Waals surface area (Å²) < 4.78 is 10.8. The highest BCUT2D eigenvalue weighted by molar-refractivity contribution is 8.36. The number of thiol groups is 1. The van der Waals surface area contributed by atoms with Crippen LogP contribution in [-0.2, 0) is 20.2 Å². The highest BCUT2D eigenvalue weighted by Crippen LogP contribution is 1.69. The van der Waals surface area contributed by atoms with Gasteiger partial charge in [0.05, 0.1) is 0 Å². The average molecular weight is 116 g/mol. The Morgan fingerprint density at radius 2 is 2.00 bits per heavy atom. The largest absolute Gasteiger partial charge is 0.170 e. The van der Waals surface area contributed by atoms with Gasteiger partial charge in [0.25, 0.3) is 0 Å². The van der Waals surface area contributed by atoms with Crippen LogP contribution < -0.4 is 0 Å². The molecule has 0 radical (unpaired) electrons. The van der Waals surface area contributed by atoms with Crippen molar-refractivity contribution < 1.29 is 3.89 Å². The third kappa shape index (κ3) is 14.2. The Kier molecular flexibility index (Phi) is 2.48. The zero-order valence-corrected chi connectivity index (χ0v) is 4.44. The lowest BCUT2D eigenvalue weighted by molar-refractivity contribution is 0.948. The maximum absolute atomic E-state index is 10.8. The minimum absolute atomic E-state index is 1.73. The summed E-state index contributed by atoms with van der Waals surface area (Å²) in [6.07, 6.45) is 0. The zero-order chi connectivity index (χ0) is 3.58. The molecule has 0 spiro atoms. The first-order chi connectivity index (χ1) is 1.73. The zero-order valence-electron chi connectivity index (χ0n) is 1.73. The molecule has 0 bridgehead atoms. The van der Waals surface area contributed by atoms with Crippen LogP contribution in [0.25, 0.3) is 0 Å². The smallest absolute Gasteiger partial charge is 0.0103 e. The van der Waals surface area contributed by atoms with Crippen LogP contribution in [-0.4, -0.2) is 0 Å². The van der Waals surface area contributed by atoms with Crippen LogP contribution in [0.4, 0.5) is 3.89 Å². The van der Waals surface area contributed by atoms with Gasteiger partial charge in [0.2, 0.25) is 0 Å². The normalized spacial score (nSPS) is 15.2. The first kappa shape index (κ1) is 4.80. The maximum Gasteiger partial charge on any atom is 0.0103 e. The summed E-state index contributed by atoms with van der Waals surface area (Å²) in [5, 5.41) is 0. The Bertz CT molecular complexity index is 54.4. The van der Waals surface area contributed by atoms with Gasteiger partial charge in [-0.2, -0.15) is 3.89 Å². The van der Waals surface area contributed by atoms with Crippen molar-refractivity contribution in [2.75, 3.05) is 0 Å². The van der Waals surface area contributed by atoms with Gasteiger partial charge >= 0.3 is 0 Å². The van der Waals surface area contributed by atoms with Crippen molar-refractivity contribution in [1.29, 1.82) is 0 Å². The molecule has 0 heterocycles. The molecule has 0 aliphatic heterocycles. The van der Waals surface area contributed by atoms with E-state index in [4.69, 9.17) is 0 Å². The number of halogens is 1. The van der Waals surface area contributed by atoms with E-state index in [1.807, 2.05) is 0 Å². The fourth-order valence-electron chi connectivity index (χ4n) is 0. The fraction of sp³-hybridized carbons (Fsp3) is 0. The monoisotopic (exact) mass is 116 g/mol. The van der Waals surface area contributed by atoms with Crippen LogP contribution in [0.1, 0.15) is 0 Å². The van der Waals surface area contributed by atoms with E-state index in [0.29, 0.717) is 0 Å². The maximum atomic E-state index is 10.8. The van der Waals surface area contributed by atoms with Crippen molar-refractivity contribution in [3.63, 3.8) is 0 Å². The Morgan fingerprint density at radius 1 is 2.00 bits per heavy atom. The molecule has 4 heteroatoms. The van der Waals surface area contributed by atoms with E-state index in [0.717, 1.165) is 0 Å². The lowest BCUT2D eigenvalue weighted by Gasteiger charge is -1.46. The molecule has 0 aromatic rings. The minimum Gasteiger partial charge on any atom is -0.170 e. The third-order valence-corrected chi connectivity index (χ3v) is 0. The SMILES string of the molecule is F[SH](=P)=S. The predicted octanol–water partition coefficient (Wildman–Crippen LogP) is 0.741. The van der Waals surface area contributed by atoms with Crippen LogP contribution in [0.2, 0.25) is 0 Å². The molecule has 0 rings (SSSR count). The number of hydrogen-bond acceptors (Lipinski definition) is 1. The van der Waals surface area contributed by atoms with Crippen molar-refractivity contribution in [3.05, 3.63) is 0 Å². The summed E-state index contributed by atoms with van der Waals surface area (Å²) in [5.41, 5.74) is 0. The molecule has 4 heavy (non-hydrogen) atoms. The molecule has 26 valence electrons. The van der Waals surface area contributed by atoms with E-state index in [2.05, 4.69) is 19.2 Å². The van der Waals surface area contributed by atoms with Crippen LogP contribution in [0.15, 0.2) is 0 Å². The second-order valence-electron chi connectivity index (χ2n) is 0.245. The summed E-state index contributed by atoms with van der Waals surface area (Å²) in [5.74, 6) is 0. The summed E-state index contributed by atoms with van der Waals surface area (Å²) >= 11 is 3.93. The molecule has 0 saturated heterocycles. The Morgan fingerprint density at radius 3 is 2.00 bits per heavy atom. The molecular formula is H2FPS2. The second kappa shape index (κ2) is 2.06. The van der Waals surface area contributed by atoms with Crippen LogP contribution >= 0.6 is 8.02 Å². The summed E-state index contributed by atoms with van der Waals surface area (Å²) in [4.78, 5) is 0. The van der Waals surface area contributed by atoms with Crippen LogP contribution in [0.5, 0.6) is 0 Å². The molecule has 1 atom stereocenters. The summed E-state index contributed by atoms with van der Waals surface area (Å²) in [6, 6.07) is 0. The minimum atomic E-state index is -1.73. The molecule has 0 fully saturated rings. The first-order valence-corrected chi connectivity index (χ1v) is 4.16. The van der Waals surface area contributed by atoms with E-state index in [1.165, 1.54) is 0 Å². The Hall–Kier alpha value is 0.800. The van der Waals surface area contributed by atoms with Gasteiger partial charge in [-0.15, -0.1) is 0 Å². The van der Waals surface area contributed by atoms with E-state index in [1.54, 1.807) is 0 Å². The molecule has 0 nitrogen and oxygen atoms in total. The molecule has 0 saturated carbocycles. The topological polar surface area (TPSA) is 0 Å². The van der Waals surface area contributed by atoms with Gasteiger partial charge in [0.15, 0.2) is 0 Å². The molecule has 0 N–H and O–H groups in total. The second-order valence-corrected chi connectivity index (χ2v) is 3.85. The average Bonchev–Trinajstić information content (AvgIpc) is 0.811. The summed E-state index contributed by atoms with van der Waals surface area (Å²) in [6.45, 7) is 0. The first-order valence-electron chi connectivity index (χ1n) is 0.575. The van der Waals surface area contributed by atoms with Crippen molar-refractivity contribution in [2.45, 2.75) is 0 Å². The molecule has 1 unspecified atom stereocenters. The molecule has 0 aliphatic carbocycles. The predicted molar refractivity (Wildman–Crippen MR) is 25.5 cm³/mol. The molecule has 0 aliphatic rings. The fourth-order valence-corrected chi connectivity index (χ4v) is 0. The van der Waals surface area contributed by atoms with E-state index >= 15 is 0 Å². The van der Waals surface area contributed by atoms with Crippen LogP contribution in [0.3, 0.4) is 0 Å². The van der Waals surface area contributed by atoms with Crippen LogP contribution in [0, 0.1) is 0 Å². The number of rotatable bonds is 0. The van der Waals surface area contributed by atoms with E-state index in [9.17, 15) is 3.89 Å². The summed E-state index contributed by atoms with van der Waals surface area (Å²) in [7, 11) is 0.793. The van der Waals surface area contributed by atoms with Crippen molar-refractivity contribution in [3.8, 4) is 0 Å². The van der Waals surface area contributed by atoms with Crippen molar-refractivity contribution in [2.24, 2.45) is 0 Å². The van der Waals surface area contributed by atoms with Gasteiger partial charge in [-0.25, -0.2) is 0 Å². The molecule has 0 amide bonds. The highest BCUT2D eigenvalue weighted by Gasteiger charge is 1.37.